The predicted octanol–water partition coefficient (Wildman–Crippen LogP) is 1.30. The molecule has 4 nitrogen and oxygen atoms in total. The number of nitriles is 1. The van der Waals surface area contributed by atoms with Crippen LogP contribution in [-0.4, -0.2) is 12.5 Å². The van der Waals surface area contributed by atoms with Crippen molar-refractivity contribution < 1.29 is 4.79 Å². The molecule has 0 unspecified atom stereocenters. The highest BCUT2D eigenvalue weighted by Crippen LogP contribution is 2.04. The first-order valence-corrected chi connectivity index (χ1v) is 5.72. The van der Waals surface area contributed by atoms with Gasteiger partial charge in [-0.25, -0.2) is 0 Å². The van der Waals surface area contributed by atoms with Gasteiger partial charge < -0.3 is 11.1 Å². The normalized spacial score (nSPS) is 9.65. The van der Waals surface area contributed by atoms with Crippen molar-refractivity contribution in [1.29, 1.82) is 5.26 Å². The molecule has 0 aliphatic rings. The van der Waals surface area contributed by atoms with Crippen molar-refractivity contribution in [2.45, 2.75) is 25.8 Å². The Kier molecular flexibility index (Phi) is 5.76. The molecule has 0 saturated carbocycles. The number of benzene rings is 1. The standard InChI is InChI=1S/C13H17N3O/c14-7-2-1-6-13(17)16-10-12-5-3-4-11(8-12)9-15/h3-5,8H,1-2,6-7,10,14H2,(H,16,17). The lowest BCUT2D eigenvalue weighted by atomic mass is 10.1. The summed E-state index contributed by atoms with van der Waals surface area (Å²) in [5.74, 6) is 0.0285. The van der Waals surface area contributed by atoms with Crippen LogP contribution in [0.2, 0.25) is 0 Å². The molecule has 0 atom stereocenters. The lowest BCUT2D eigenvalue weighted by Gasteiger charge is -2.05. The third kappa shape index (κ3) is 5.14. The van der Waals surface area contributed by atoms with Crippen LogP contribution >= 0.6 is 0 Å². The number of nitrogens with one attached hydrogen (secondary N) is 1. The molecule has 1 aromatic carbocycles. The third-order valence-electron chi connectivity index (χ3n) is 2.40. The van der Waals surface area contributed by atoms with Crippen molar-refractivity contribution in [2.24, 2.45) is 5.73 Å². The van der Waals surface area contributed by atoms with Gasteiger partial charge in [0, 0.05) is 13.0 Å². The van der Waals surface area contributed by atoms with Gasteiger partial charge in [0.25, 0.3) is 0 Å². The number of unbranched alkanes of at least 4 members (excludes halogenated alkanes) is 1. The average molecular weight is 231 g/mol. The van der Waals surface area contributed by atoms with E-state index >= 15 is 0 Å². The van der Waals surface area contributed by atoms with Crippen LogP contribution in [0.1, 0.15) is 30.4 Å². The van der Waals surface area contributed by atoms with Crippen molar-refractivity contribution in [3.05, 3.63) is 35.4 Å². The van der Waals surface area contributed by atoms with E-state index < -0.39 is 0 Å². The zero-order valence-electron chi connectivity index (χ0n) is 9.78. The van der Waals surface area contributed by atoms with Crippen LogP contribution < -0.4 is 11.1 Å². The maximum Gasteiger partial charge on any atom is 0.220 e. The Bertz CT molecular complexity index is 409. The molecule has 17 heavy (non-hydrogen) atoms. The summed E-state index contributed by atoms with van der Waals surface area (Å²) in [5.41, 5.74) is 6.90. The molecule has 90 valence electrons. The Morgan fingerprint density at radius 1 is 1.41 bits per heavy atom. The minimum Gasteiger partial charge on any atom is -0.352 e. The summed E-state index contributed by atoms with van der Waals surface area (Å²) >= 11 is 0. The number of rotatable bonds is 6. The second kappa shape index (κ2) is 7.42. The summed E-state index contributed by atoms with van der Waals surface area (Å²) in [6.45, 7) is 1.09. The molecule has 1 rings (SSSR count). The fourth-order valence-electron chi connectivity index (χ4n) is 1.47. The smallest absolute Gasteiger partial charge is 0.220 e. The SMILES string of the molecule is N#Cc1cccc(CNC(=O)CCCCN)c1. The topological polar surface area (TPSA) is 78.9 Å². The summed E-state index contributed by atoms with van der Waals surface area (Å²) in [6.07, 6.45) is 2.20. The number of nitrogens with two attached hydrogens (primary N) is 1. The van der Waals surface area contributed by atoms with Crippen molar-refractivity contribution in [3.8, 4) is 6.07 Å². The molecule has 0 saturated heterocycles. The van der Waals surface area contributed by atoms with E-state index in [-0.39, 0.29) is 5.91 Å². The zero-order chi connectivity index (χ0) is 12.5. The van der Waals surface area contributed by atoms with E-state index in [0.717, 1.165) is 18.4 Å². The van der Waals surface area contributed by atoms with Gasteiger partial charge in [-0.2, -0.15) is 5.26 Å². The Morgan fingerprint density at radius 3 is 2.94 bits per heavy atom. The number of hydrogen-bond donors (Lipinski definition) is 2. The Labute approximate surface area is 101 Å². The number of carbonyl (C=O) groups is 1. The van der Waals surface area contributed by atoms with Crippen molar-refractivity contribution >= 4 is 5.91 Å². The van der Waals surface area contributed by atoms with Crippen molar-refractivity contribution in [2.75, 3.05) is 6.54 Å². The number of amides is 1. The molecule has 0 aliphatic heterocycles. The molecule has 0 aromatic heterocycles. The Balaban J connectivity index is 2.34. The second-order valence-electron chi connectivity index (χ2n) is 3.83. The number of carbonyl (C=O) groups excluding carboxylic acids is 1. The second-order valence-corrected chi connectivity index (χ2v) is 3.83. The fraction of sp³-hybridized carbons (Fsp3) is 0.385. The van der Waals surface area contributed by atoms with Gasteiger partial charge in [-0.3, -0.25) is 4.79 Å². The van der Waals surface area contributed by atoms with Gasteiger partial charge in [0.05, 0.1) is 11.6 Å². The first kappa shape index (κ1) is 13.2. The molecule has 1 amide bonds. The van der Waals surface area contributed by atoms with E-state index in [9.17, 15) is 4.79 Å². The number of hydrogen-bond acceptors (Lipinski definition) is 3. The van der Waals surface area contributed by atoms with Crippen LogP contribution in [-0.2, 0) is 11.3 Å². The lowest BCUT2D eigenvalue weighted by molar-refractivity contribution is -0.121. The molecule has 0 bridgehead atoms. The molecule has 4 heteroatoms. The molecule has 1 aromatic rings. The summed E-state index contributed by atoms with van der Waals surface area (Å²) in [7, 11) is 0. The van der Waals surface area contributed by atoms with Crippen LogP contribution in [0.25, 0.3) is 0 Å². The molecule has 0 radical (unpaired) electrons. The Hall–Kier alpha value is -1.86. The monoisotopic (exact) mass is 231 g/mol. The highest BCUT2D eigenvalue weighted by molar-refractivity contribution is 5.75. The van der Waals surface area contributed by atoms with Crippen molar-refractivity contribution in [3.63, 3.8) is 0 Å². The van der Waals surface area contributed by atoms with E-state index in [2.05, 4.69) is 11.4 Å². The van der Waals surface area contributed by atoms with Gasteiger partial charge in [0.1, 0.15) is 0 Å². The molecular weight excluding hydrogens is 214 g/mol. The zero-order valence-corrected chi connectivity index (χ0v) is 9.78. The lowest BCUT2D eigenvalue weighted by Crippen LogP contribution is -2.22. The van der Waals surface area contributed by atoms with Gasteiger partial charge in [-0.15, -0.1) is 0 Å². The third-order valence-corrected chi connectivity index (χ3v) is 2.40. The Morgan fingerprint density at radius 2 is 2.24 bits per heavy atom. The van der Waals surface area contributed by atoms with E-state index in [1.165, 1.54) is 0 Å². The van der Waals surface area contributed by atoms with E-state index in [1.807, 2.05) is 12.1 Å². The first-order valence-electron chi connectivity index (χ1n) is 5.72. The van der Waals surface area contributed by atoms with Crippen molar-refractivity contribution in [1.82, 2.24) is 5.32 Å². The number of nitrogens with zero attached hydrogens (tertiary/aromatic N) is 1. The van der Waals surface area contributed by atoms with Gasteiger partial charge in [-0.1, -0.05) is 12.1 Å². The molecule has 3 N–H and O–H groups in total. The van der Waals surface area contributed by atoms with Crippen LogP contribution in [0.4, 0.5) is 0 Å². The van der Waals surface area contributed by atoms with E-state index in [0.29, 0.717) is 25.1 Å². The largest absolute Gasteiger partial charge is 0.352 e. The summed E-state index contributed by atoms with van der Waals surface area (Å²) in [4.78, 5) is 11.4. The van der Waals surface area contributed by atoms with Gasteiger partial charge in [0.15, 0.2) is 0 Å². The summed E-state index contributed by atoms with van der Waals surface area (Å²) in [6, 6.07) is 9.29. The highest BCUT2D eigenvalue weighted by atomic mass is 16.1. The minimum absolute atomic E-state index is 0.0285. The maximum absolute atomic E-state index is 11.4. The van der Waals surface area contributed by atoms with Gasteiger partial charge >= 0.3 is 0 Å². The van der Waals surface area contributed by atoms with Crippen LogP contribution in [0.3, 0.4) is 0 Å². The highest BCUT2D eigenvalue weighted by Gasteiger charge is 2.01. The summed E-state index contributed by atoms with van der Waals surface area (Å²) < 4.78 is 0. The molecular formula is C13H17N3O. The fourth-order valence-corrected chi connectivity index (χ4v) is 1.47. The molecule has 0 spiro atoms. The first-order chi connectivity index (χ1) is 8.26. The van der Waals surface area contributed by atoms with Crippen LogP contribution in [0.5, 0.6) is 0 Å². The van der Waals surface area contributed by atoms with E-state index in [4.69, 9.17) is 11.0 Å². The van der Waals surface area contributed by atoms with Gasteiger partial charge in [-0.05, 0) is 37.1 Å². The molecule has 0 fully saturated rings. The van der Waals surface area contributed by atoms with Crippen LogP contribution in [0, 0.1) is 11.3 Å². The molecule has 0 aliphatic carbocycles. The predicted molar refractivity (Wildman–Crippen MR) is 65.9 cm³/mol. The molecule has 0 heterocycles. The maximum atomic E-state index is 11.4. The average Bonchev–Trinajstić information content (AvgIpc) is 2.37. The minimum atomic E-state index is 0.0285. The summed E-state index contributed by atoms with van der Waals surface area (Å²) in [5, 5.41) is 11.6. The van der Waals surface area contributed by atoms with E-state index in [1.54, 1.807) is 12.1 Å². The quantitative estimate of drug-likeness (QED) is 0.724. The van der Waals surface area contributed by atoms with Crippen LogP contribution in [0.15, 0.2) is 24.3 Å². The van der Waals surface area contributed by atoms with Gasteiger partial charge in [0.2, 0.25) is 5.91 Å².